The van der Waals surface area contributed by atoms with E-state index in [0.717, 1.165) is 0 Å². The van der Waals surface area contributed by atoms with Crippen molar-refractivity contribution in [1.29, 1.82) is 0 Å². The van der Waals surface area contributed by atoms with Gasteiger partial charge in [-0.15, -0.1) is 0 Å². The number of aliphatic hydroxyl groups excluding tert-OH is 28. The number of hydrogen-bond donors (Lipinski definition) is 30. The highest BCUT2D eigenvalue weighted by Crippen LogP contribution is 2.38. The minimum Gasteiger partial charge on any atom is -0.394 e. The van der Waals surface area contributed by atoms with E-state index in [0.29, 0.717) is 0 Å². The Morgan fingerprint density at radius 1 is 0.216 bits per heavy atom. The van der Waals surface area contributed by atoms with Gasteiger partial charge in [-0.05, 0) is 120 Å². The summed E-state index contributed by atoms with van der Waals surface area (Å²) < 4.78 is 83.3. The van der Waals surface area contributed by atoms with Crippen molar-refractivity contribution < 1.29 is 209 Å². The van der Waals surface area contributed by atoms with Crippen LogP contribution in [0, 0.1) is 22.2 Å². The van der Waals surface area contributed by atoms with E-state index in [1.165, 1.54) is 0 Å². The van der Waals surface area contributed by atoms with Crippen LogP contribution in [-0.2, 0) is 61.6 Å². The average Bonchev–Trinajstić information content (AvgIpc) is 0.813. The number of alkyl halides is 1. The van der Waals surface area contributed by atoms with Crippen LogP contribution in [0.5, 0.6) is 0 Å². The van der Waals surface area contributed by atoms with Gasteiger partial charge in [-0.2, -0.15) is 0 Å². The first-order valence-corrected chi connectivity index (χ1v) is 41.9. The Morgan fingerprint density at radius 2 is 0.392 bits per heavy atom. The zero-order chi connectivity index (χ0) is 97.9. The molecule has 8 aliphatic heterocycles. The topological polar surface area (TPSA) is 738 Å². The number of halogens is 1. The van der Waals surface area contributed by atoms with Gasteiger partial charge in [0.2, 0.25) is 0 Å². The van der Waals surface area contributed by atoms with E-state index in [2.05, 4.69) is 0 Å². The second kappa shape index (κ2) is 51.2. The Kier molecular flexibility index (Phi) is 49.7. The fraction of sp³-hybridized carbons (Fsp3) is 1.00. The van der Waals surface area contributed by atoms with Gasteiger partial charge >= 0.3 is 0 Å². The highest BCUT2D eigenvalue weighted by Gasteiger charge is 2.54. The van der Waals surface area contributed by atoms with Crippen molar-refractivity contribution in [1.82, 2.24) is 0 Å². The van der Waals surface area contributed by atoms with Crippen molar-refractivity contribution in [3.05, 3.63) is 0 Å². The van der Waals surface area contributed by atoms with Gasteiger partial charge in [0.1, 0.15) is 165 Å². The third kappa shape index (κ3) is 37.4. The minimum absolute atomic E-state index is 0.336. The predicted molar refractivity (Wildman–Crippen MR) is 439 cm³/mol. The van der Waals surface area contributed by atoms with Crippen molar-refractivity contribution >= 4 is 0 Å². The SMILES string of the molecule is CC(C)(C)O[C@@H]1OC(CO)[C@@H](O)[C@H](O)C1F.CC(C)(C)O[C@@H]1OC(CO)[C@@H](O)[C@H](O)C1N.CC(C)(C)O[C@@H]1OC(CO)[C@@H](O)[C@H](O)C1O.CC(C)(C)O[C@H]1OC(CO)[C@@H](O)[C@H](O)C1N.CC(C)(C)[C@@H]1OC(CO)[C@@H](O)[C@H](O)C1O.CC(C)(C)[C@@H]1OC(CO)[C@H](O)[C@H](O)C1O.CC(C)(C)[C@H]1OC(CO)[C@@H](O)[C@H](O)C1O.CC1[C@@H](OC(C)(C)C)OC(CO)[C@@H](O)[C@@H]1O. The first-order valence-electron chi connectivity index (χ1n) is 41.9. The van der Waals surface area contributed by atoms with Gasteiger partial charge in [-0.3, -0.25) is 0 Å². The fourth-order valence-electron chi connectivity index (χ4n) is 13.3. The van der Waals surface area contributed by atoms with Gasteiger partial charge in [0, 0.05) is 5.92 Å². The molecule has 0 spiro atoms. The molecular formula is C81H163FN2O41. The summed E-state index contributed by atoms with van der Waals surface area (Å²) in [6, 6.07) is -1.67. The maximum atomic E-state index is 13.6. The summed E-state index contributed by atoms with van der Waals surface area (Å²) in [5.74, 6) is -0.336. The van der Waals surface area contributed by atoms with E-state index in [1.807, 2.05) is 125 Å². The Labute approximate surface area is 732 Å². The van der Waals surface area contributed by atoms with Crippen molar-refractivity contribution in [2.45, 2.75) is 440 Å². The lowest BCUT2D eigenvalue weighted by Crippen LogP contribution is -2.63. The highest BCUT2D eigenvalue weighted by atomic mass is 19.1. The van der Waals surface area contributed by atoms with Gasteiger partial charge < -0.3 is 216 Å². The maximum absolute atomic E-state index is 13.6. The number of hydrogen-bond acceptors (Lipinski definition) is 43. The molecule has 0 aliphatic carbocycles. The van der Waals surface area contributed by atoms with Gasteiger partial charge in [0.25, 0.3) is 0 Å². The maximum Gasteiger partial charge on any atom is 0.192 e. The summed E-state index contributed by atoms with van der Waals surface area (Å²) >= 11 is 0. The number of nitrogens with two attached hydrogens (primary N) is 2. The third-order valence-corrected chi connectivity index (χ3v) is 20.3. The van der Waals surface area contributed by atoms with Gasteiger partial charge in [0.15, 0.2) is 37.6 Å². The Balaban J connectivity index is 0.000000714. The molecule has 16 unspecified atom stereocenters. The molecule has 8 aliphatic rings. The molecule has 0 radical (unpaired) electrons. The summed E-state index contributed by atoms with van der Waals surface area (Å²) in [5.41, 5.74) is 7.72. The Hall–Kier alpha value is -1.79. The van der Waals surface area contributed by atoms with Crippen LogP contribution in [0.15, 0.2) is 0 Å². The molecule has 8 heterocycles. The fourth-order valence-corrected chi connectivity index (χ4v) is 13.3. The van der Waals surface area contributed by atoms with E-state index < -0.39 is 293 Å². The van der Waals surface area contributed by atoms with Crippen LogP contribution in [0.2, 0.25) is 0 Å². The third-order valence-electron chi connectivity index (χ3n) is 20.3. The summed E-state index contributed by atoms with van der Waals surface area (Å²) in [7, 11) is 0. The molecule has 0 bridgehead atoms. The molecule has 40 atom stereocenters. The smallest absolute Gasteiger partial charge is 0.192 e. The second-order valence-corrected chi connectivity index (χ2v) is 40.5. The first-order chi connectivity index (χ1) is 56.7. The van der Waals surface area contributed by atoms with E-state index in [-0.39, 0.29) is 48.6 Å². The quantitative estimate of drug-likeness (QED) is 0.0814. The lowest BCUT2D eigenvalue weighted by Gasteiger charge is -2.45. The van der Waals surface area contributed by atoms with Crippen LogP contribution in [-0.4, -0.2) is 463 Å². The molecule has 8 saturated heterocycles. The average molecular weight is 1840 g/mol. The molecule has 0 aromatic heterocycles. The van der Waals surface area contributed by atoms with Crippen molar-refractivity contribution in [3.63, 3.8) is 0 Å². The predicted octanol–water partition coefficient (Wildman–Crippen LogP) is -8.18. The molecule has 0 aromatic rings. The molecule has 750 valence electrons. The normalized spacial score (nSPS) is 41.8. The molecule has 43 nitrogen and oxygen atoms in total. The molecule has 125 heavy (non-hydrogen) atoms. The van der Waals surface area contributed by atoms with E-state index in [4.69, 9.17) is 114 Å². The van der Waals surface area contributed by atoms with Crippen LogP contribution < -0.4 is 11.5 Å². The highest BCUT2D eigenvalue weighted by molar-refractivity contribution is 5.01. The first kappa shape index (κ1) is 121. The number of aliphatic hydroxyl groups is 28. The number of ether oxygens (including phenoxy) is 13. The van der Waals surface area contributed by atoms with Gasteiger partial charge in [-0.1, -0.05) is 69.2 Å². The van der Waals surface area contributed by atoms with Crippen LogP contribution in [0.3, 0.4) is 0 Å². The van der Waals surface area contributed by atoms with E-state index >= 15 is 0 Å². The Morgan fingerprint density at radius 3 is 0.632 bits per heavy atom. The molecule has 8 rings (SSSR count). The summed E-state index contributed by atoms with van der Waals surface area (Å²) in [4.78, 5) is 0. The minimum atomic E-state index is -1.84. The largest absolute Gasteiger partial charge is 0.394 e. The van der Waals surface area contributed by atoms with Gasteiger partial charge in [-0.25, -0.2) is 4.39 Å². The number of rotatable bonds is 13. The van der Waals surface area contributed by atoms with Crippen LogP contribution in [0.4, 0.5) is 4.39 Å². The standard InChI is InChI=1S/C11H22O5.C10H19FO5.2C10H21NO5.C10H20O6.3C10H20O5/c1-6-8(13)9(14)7(5-12)15-10(6)16-11(2,3)4;3*1-10(2,3)16-9-6(11)8(14)7(13)5(4-12)15-9;1-10(2,3)16-9-8(14)7(13)6(12)5(4-11)15-9;3*1-10(2,3)9-8(14)7(13)6(12)5(4-11)15-9/h6-10,12-14H,5H2,1-4H3;5-9,12-14H,4H2,1-3H3;2*5-9,12-14H,4,11H2,1-3H3;5-9,11-14H,4H2,1-3H3;3*5-9,11-14H,4H2,1-3H3/t6?,7?,8-,9-,10-;2*5?,6?,7-,8-,9+;5?,6?,7-,8-,9-;2*5?,6-,7+,8?,9+;5?,6-,7+,8?,9-;5?,6-,7-,8?,9+/m11111110/s1. The zero-order valence-corrected chi connectivity index (χ0v) is 77.1. The van der Waals surface area contributed by atoms with E-state index in [9.17, 15) is 107 Å². The lowest BCUT2D eigenvalue weighted by atomic mass is 9.80. The summed E-state index contributed by atoms with van der Waals surface area (Å²) in [5, 5.41) is 264. The molecule has 0 saturated carbocycles. The molecule has 0 aromatic carbocycles. The monoisotopic (exact) mass is 1840 g/mol. The molecule has 8 fully saturated rings. The van der Waals surface area contributed by atoms with Crippen molar-refractivity contribution in [2.75, 3.05) is 52.9 Å². The molecule has 44 heteroatoms. The molecular weight excluding hydrogens is 1680 g/mol. The van der Waals surface area contributed by atoms with Crippen LogP contribution in [0.25, 0.3) is 0 Å². The van der Waals surface area contributed by atoms with E-state index in [1.54, 1.807) is 48.5 Å². The molecule has 32 N–H and O–H groups in total. The van der Waals surface area contributed by atoms with Crippen LogP contribution in [0.1, 0.15) is 173 Å². The second-order valence-electron chi connectivity index (χ2n) is 40.5. The zero-order valence-electron chi connectivity index (χ0n) is 77.1. The van der Waals surface area contributed by atoms with Crippen molar-refractivity contribution in [3.8, 4) is 0 Å². The van der Waals surface area contributed by atoms with Gasteiger partial charge in [0.05, 0.1) is 117 Å². The Bertz CT molecular complexity index is 2510. The lowest BCUT2D eigenvalue weighted by molar-refractivity contribution is -0.320. The van der Waals surface area contributed by atoms with Crippen LogP contribution >= 0.6 is 0 Å². The summed E-state index contributed by atoms with van der Waals surface area (Å²) in [6.45, 7) is 42.4. The summed E-state index contributed by atoms with van der Waals surface area (Å²) in [6.07, 6.45) is -40.2. The van der Waals surface area contributed by atoms with Crippen molar-refractivity contribution in [2.24, 2.45) is 33.6 Å². The molecule has 0 amide bonds.